The molecule has 0 radical (unpaired) electrons. The molecule has 3 rings (SSSR count). The van der Waals surface area contributed by atoms with E-state index in [4.69, 9.17) is 0 Å². The normalized spacial score (nSPS) is 10.8. The predicted molar refractivity (Wildman–Crippen MR) is 95.2 cm³/mol. The van der Waals surface area contributed by atoms with Crippen LogP contribution >= 0.6 is 0 Å². The van der Waals surface area contributed by atoms with Gasteiger partial charge in [0.1, 0.15) is 11.6 Å². The molecule has 26 heavy (non-hydrogen) atoms. The van der Waals surface area contributed by atoms with Crippen molar-refractivity contribution in [3.63, 3.8) is 0 Å². The van der Waals surface area contributed by atoms with Gasteiger partial charge in [-0.05, 0) is 54.8 Å². The molecule has 0 aliphatic rings. The quantitative estimate of drug-likeness (QED) is 0.753. The van der Waals surface area contributed by atoms with Gasteiger partial charge in [-0.15, -0.1) is 0 Å². The number of nitrogens with one attached hydrogen (secondary N) is 1. The largest absolute Gasteiger partial charge is 0.348 e. The lowest BCUT2D eigenvalue weighted by atomic mass is 10.1. The minimum Gasteiger partial charge on any atom is -0.348 e. The number of carbonyl (C=O) groups excluding carboxylic acids is 1. The van der Waals surface area contributed by atoms with Crippen molar-refractivity contribution < 1.29 is 13.6 Å². The predicted octanol–water partition coefficient (Wildman–Crippen LogP) is 3.95. The average molecular weight is 355 g/mol. The highest BCUT2D eigenvalue weighted by molar-refractivity contribution is 5.95. The lowest BCUT2D eigenvalue weighted by Crippen LogP contribution is -2.23. The van der Waals surface area contributed by atoms with E-state index in [0.29, 0.717) is 29.8 Å². The number of halogens is 2. The number of rotatable bonds is 5. The molecule has 0 fully saturated rings. The summed E-state index contributed by atoms with van der Waals surface area (Å²) < 4.78 is 28.1. The van der Waals surface area contributed by atoms with Gasteiger partial charge in [0.05, 0.1) is 23.1 Å². The molecule has 0 aliphatic carbocycles. The Morgan fingerprint density at radius 3 is 2.54 bits per heavy atom. The maximum atomic E-state index is 13.3. The fourth-order valence-corrected chi connectivity index (χ4v) is 2.80. The summed E-state index contributed by atoms with van der Waals surface area (Å²) in [5.74, 6) is -0.849. The molecule has 0 unspecified atom stereocenters. The van der Waals surface area contributed by atoms with Gasteiger partial charge in [-0.3, -0.25) is 4.79 Å². The number of aromatic nitrogens is 2. The lowest BCUT2D eigenvalue weighted by Gasteiger charge is -2.09. The van der Waals surface area contributed by atoms with Crippen LogP contribution in [0.2, 0.25) is 0 Å². The van der Waals surface area contributed by atoms with Crippen LogP contribution in [-0.2, 0) is 13.0 Å². The topological polar surface area (TPSA) is 46.9 Å². The number of nitrogens with zero attached hydrogens (tertiary/aromatic N) is 2. The molecule has 4 nitrogen and oxygen atoms in total. The fraction of sp³-hybridized carbons (Fsp3) is 0.200. The van der Waals surface area contributed by atoms with Crippen molar-refractivity contribution in [2.45, 2.75) is 26.8 Å². The summed E-state index contributed by atoms with van der Waals surface area (Å²) in [7, 11) is 0. The first kappa shape index (κ1) is 17.8. The maximum absolute atomic E-state index is 13.3. The van der Waals surface area contributed by atoms with Gasteiger partial charge in [-0.1, -0.05) is 19.1 Å². The monoisotopic (exact) mass is 355 g/mol. The van der Waals surface area contributed by atoms with E-state index < -0.39 is 0 Å². The zero-order valence-electron chi connectivity index (χ0n) is 14.6. The Morgan fingerprint density at radius 1 is 1.15 bits per heavy atom. The summed E-state index contributed by atoms with van der Waals surface area (Å²) in [6, 6.07) is 10.7. The molecule has 1 heterocycles. The summed E-state index contributed by atoms with van der Waals surface area (Å²) >= 11 is 0. The highest BCUT2D eigenvalue weighted by Gasteiger charge is 2.17. The standard InChI is InChI=1S/C20H19F2N3O/c1-3-19-17(12-24-25(19)16-7-5-15(21)6-8-16)20(26)23-11-14-4-9-18(22)13(2)10-14/h4-10,12H,3,11H2,1-2H3,(H,23,26). The highest BCUT2D eigenvalue weighted by Crippen LogP contribution is 2.17. The number of aryl methyl sites for hydroxylation is 1. The number of amides is 1. The van der Waals surface area contributed by atoms with Crippen molar-refractivity contribution in [2.75, 3.05) is 0 Å². The molecule has 1 aromatic heterocycles. The summed E-state index contributed by atoms with van der Waals surface area (Å²) in [6.07, 6.45) is 2.10. The van der Waals surface area contributed by atoms with Crippen LogP contribution in [0.1, 0.15) is 34.1 Å². The third-order valence-corrected chi connectivity index (χ3v) is 4.20. The molecule has 0 bridgehead atoms. The van der Waals surface area contributed by atoms with Gasteiger partial charge >= 0.3 is 0 Å². The second kappa shape index (κ2) is 7.47. The second-order valence-electron chi connectivity index (χ2n) is 6.01. The van der Waals surface area contributed by atoms with E-state index in [1.165, 1.54) is 24.4 Å². The van der Waals surface area contributed by atoms with Crippen LogP contribution in [0.4, 0.5) is 8.78 Å². The fourth-order valence-electron chi connectivity index (χ4n) is 2.80. The smallest absolute Gasteiger partial charge is 0.255 e. The van der Waals surface area contributed by atoms with Crippen LogP contribution in [0.3, 0.4) is 0 Å². The average Bonchev–Trinajstić information content (AvgIpc) is 3.07. The molecule has 3 aromatic rings. The van der Waals surface area contributed by atoms with E-state index in [1.54, 1.807) is 35.9 Å². The van der Waals surface area contributed by atoms with Gasteiger partial charge < -0.3 is 5.32 Å². The van der Waals surface area contributed by atoms with Crippen LogP contribution in [0, 0.1) is 18.6 Å². The van der Waals surface area contributed by atoms with Gasteiger partial charge in [-0.2, -0.15) is 5.10 Å². The lowest BCUT2D eigenvalue weighted by molar-refractivity contribution is 0.0950. The number of carbonyl (C=O) groups is 1. The zero-order valence-corrected chi connectivity index (χ0v) is 14.6. The number of hydrogen-bond donors (Lipinski definition) is 1. The SMILES string of the molecule is CCc1c(C(=O)NCc2ccc(F)c(C)c2)cnn1-c1ccc(F)cc1. The first-order chi connectivity index (χ1) is 12.5. The van der Waals surface area contributed by atoms with E-state index in [9.17, 15) is 13.6 Å². The van der Waals surface area contributed by atoms with Crippen molar-refractivity contribution in [2.24, 2.45) is 0 Å². The Balaban J connectivity index is 1.79. The van der Waals surface area contributed by atoms with E-state index in [1.807, 2.05) is 6.92 Å². The van der Waals surface area contributed by atoms with E-state index in [2.05, 4.69) is 10.4 Å². The molecule has 0 saturated heterocycles. The second-order valence-corrected chi connectivity index (χ2v) is 6.01. The summed E-state index contributed by atoms with van der Waals surface area (Å²) in [4.78, 5) is 12.5. The molecule has 0 saturated carbocycles. The van der Waals surface area contributed by atoms with Gasteiger partial charge in [0.25, 0.3) is 5.91 Å². The Kier molecular flexibility index (Phi) is 5.11. The van der Waals surface area contributed by atoms with Crippen LogP contribution in [0.25, 0.3) is 5.69 Å². The first-order valence-electron chi connectivity index (χ1n) is 8.35. The third kappa shape index (κ3) is 3.64. The molecule has 1 amide bonds. The van der Waals surface area contributed by atoms with Crippen LogP contribution in [-0.4, -0.2) is 15.7 Å². The van der Waals surface area contributed by atoms with Gasteiger partial charge in [0, 0.05) is 6.54 Å². The van der Waals surface area contributed by atoms with Gasteiger partial charge in [-0.25, -0.2) is 13.5 Å². The molecule has 134 valence electrons. The molecule has 0 atom stereocenters. The van der Waals surface area contributed by atoms with E-state index >= 15 is 0 Å². The van der Waals surface area contributed by atoms with Gasteiger partial charge in [0.15, 0.2) is 0 Å². The summed E-state index contributed by atoms with van der Waals surface area (Å²) in [5, 5.41) is 7.11. The van der Waals surface area contributed by atoms with Crippen LogP contribution < -0.4 is 5.32 Å². The molecule has 2 aromatic carbocycles. The molecule has 0 spiro atoms. The number of benzene rings is 2. The zero-order chi connectivity index (χ0) is 18.7. The van der Waals surface area contributed by atoms with Crippen LogP contribution in [0.15, 0.2) is 48.7 Å². The Labute approximate surface area is 150 Å². The first-order valence-corrected chi connectivity index (χ1v) is 8.35. The van der Waals surface area contributed by atoms with E-state index in [-0.39, 0.29) is 17.5 Å². The van der Waals surface area contributed by atoms with Crippen molar-refractivity contribution in [3.05, 3.63) is 82.7 Å². The Bertz CT molecular complexity index is 933. The summed E-state index contributed by atoms with van der Waals surface area (Å²) in [5.41, 5.74) is 3.26. The Morgan fingerprint density at radius 2 is 1.88 bits per heavy atom. The number of hydrogen-bond acceptors (Lipinski definition) is 2. The van der Waals surface area contributed by atoms with Crippen molar-refractivity contribution in [1.82, 2.24) is 15.1 Å². The molecule has 1 N–H and O–H groups in total. The third-order valence-electron chi connectivity index (χ3n) is 4.20. The van der Waals surface area contributed by atoms with Gasteiger partial charge in [0.2, 0.25) is 0 Å². The molecule has 0 aliphatic heterocycles. The van der Waals surface area contributed by atoms with Crippen molar-refractivity contribution in [1.29, 1.82) is 0 Å². The summed E-state index contributed by atoms with van der Waals surface area (Å²) in [6.45, 7) is 3.91. The van der Waals surface area contributed by atoms with Crippen molar-refractivity contribution in [3.8, 4) is 5.69 Å². The Hall–Kier alpha value is -3.02. The molecule has 6 heteroatoms. The minimum absolute atomic E-state index is 0.253. The molecular weight excluding hydrogens is 336 g/mol. The minimum atomic E-state index is -0.327. The molecular formula is C20H19F2N3O. The maximum Gasteiger partial charge on any atom is 0.255 e. The van der Waals surface area contributed by atoms with E-state index in [0.717, 1.165) is 11.3 Å². The van der Waals surface area contributed by atoms with Crippen molar-refractivity contribution >= 4 is 5.91 Å². The highest BCUT2D eigenvalue weighted by atomic mass is 19.1. The van der Waals surface area contributed by atoms with Crippen LogP contribution in [0.5, 0.6) is 0 Å².